The molecule has 8 nitrogen and oxygen atoms in total. The molecule has 1 atom stereocenters. The van der Waals surface area contributed by atoms with Crippen LogP contribution in [0.2, 0.25) is 0 Å². The lowest BCUT2D eigenvalue weighted by Crippen LogP contribution is -2.25. The van der Waals surface area contributed by atoms with Crippen molar-refractivity contribution in [1.82, 2.24) is 19.8 Å². The molecule has 0 bridgehead atoms. The van der Waals surface area contributed by atoms with E-state index < -0.39 is 0 Å². The fourth-order valence-corrected chi connectivity index (χ4v) is 2.77. The highest BCUT2D eigenvalue weighted by atomic mass is 16.2. The maximum atomic E-state index is 12.3. The fourth-order valence-electron chi connectivity index (χ4n) is 2.77. The number of aromatic nitrogens is 2. The van der Waals surface area contributed by atoms with Crippen molar-refractivity contribution in [1.29, 1.82) is 5.26 Å². The van der Waals surface area contributed by atoms with E-state index in [1.807, 2.05) is 6.07 Å². The summed E-state index contributed by atoms with van der Waals surface area (Å²) in [5.74, 6) is -0.0759. The normalized spacial score (nSPS) is 16.3. The minimum absolute atomic E-state index is 0.137. The summed E-state index contributed by atoms with van der Waals surface area (Å²) in [7, 11) is 1.58. The highest BCUT2D eigenvalue weighted by Gasteiger charge is 2.28. The van der Waals surface area contributed by atoms with Crippen molar-refractivity contribution >= 4 is 17.6 Å². The first-order chi connectivity index (χ1) is 12.1. The number of benzene rings is 1. The van der Waals surface area contributed by atoms with Gasteiger partial charge in [-0.25, -0.2) is 4.98 Å². The van der Waals surface area contributed by atoms with E-state index in [9.17, 15) is 9.59 Å². The van der Waals surface area contributed by atoms with Crippen LogP contribution in [-0.4, -0.2) is 46.4 Å². The van der Waals surface area contributed by atoms with Crippen LogP contribution in [0.25, 0.3) is 5.69 Å². The summed E-state index contributed by atoms with van der Waals surface area (Å²) in [6.45, 7) is 1.05. The molecule has 3 rings (SSSR count). The maximum Gasteiger partial charge on any atom is 0.251 e. The average molecular weight is 338 g/mol. The predicted molar refractivity (Wildman–Crippen MR) is 90.9 cm³/mol. The average Bonchev–Trinajstić information content (AvgIpc) is 3.30. The van der Waals surface area contributed by atoms with Gasteiger partial charge in [0.05, 0.1) is 12.1 Å². The molecule has 2 amide bonds. The van der Waals surface area contributed by atoms with Gasteiger partial charge < -0.3 is 20.1 Å². The number of hydrogen-bond acceptors (Lipinski definition) is 5. The predicted octanol–water partition coefficient (Wildman–Crippen LogP) is 0.973. The Morgan fingerprint density at radius 2 is 2.24 bits per heavy atom. The van der Waals surface area contributed by atoms with Crippen LogP contribution < -0.4 is 10.6 Å². The van der Waals surface area contributed by atoms with E-state index in [1.54, 1.807) is 47.2 Å². The highest BCUT2D eigenvalue weighted by Crippen LogP contribution is 2.18. The SMILES string of the molecule is CNC(=O)c1cccc(-n2cnc(NC(=O)C3CCN(C#N)C3)c2)c1. The second-order valence-electron chi connectivity index (χ2n) is 5.82. The molecule has 128 valence electrons. The third-order valence-corrected chi connectivity index (χ3v) is 4.17. The van der Waals surface area contributed by atoms with Gasteiger partial charge in [0.25, 0.3) is 5.91 Å². The Morgan fingerprint density at radius 1 is 1.40 bits per heavy atom. The first-order valence-corrected chi connectivity index (χ1v) is 7.92. The van der Waals surface area contributed by atoms with Crippen molar-refractivity contribution in [2.45, 2.75) is 6.42 Å². The molecule has 0 spiro atoms. The zero-order chi connectivity index (χ0) is 17.8. The van der Waals surface area contributed by atoms with Gasteiger partial charge in [-0.3, -0.25) is 9.59 Å². The monoisotopic (exact) mass is 338 g/mol. The standard InChI is InChI=1S/C17H18N6O2/c1-19-16(24)12-3-2-4-14(7-12)23-9-15(20-11-23)21-17(25)13-5-6-22(8-13)10-18/h2-4,7,9,11,13H,5-6,8H2,1H3,(H,19,24)(H,21,25). The molecular weight excluding hydrogens is 320 g/mol. The Balaban J connectivity index is 1.70. The second kappa shape index (κ2) is 7.05. The lowest BCUT2D eigenvalue weighted by atomic mass is 10.1. The Morgan fingerprint density at radius 3 is 2.96 bits per heavy atom. The topological polar surface area (TPSA) is 103 Å². The largest absolute Gasteiger partial charge is 0.355 e. The van der Waals surface area contributed by atoms with Gasteiger partial charge in [-0.1, -0.05) is 6.07 Å². The molecule has 1 aliphatic heterocycles. The molecule has 1 saturated heterocycles. The van der Waals surface area contributed by atoms with Crippen LogP contribution in [0.15, 0.2) is 36.8 Å². The van der Waals surface area contributed by atoms with E-state index in [0.29, 0.717) is 30.9 Å². The van der Waals surface area contributed by atoms with Crippen LogP contribution in [0, 0.1) is 17.4 Å². The number of rotatable bonds is 4. The maximum absolute atomic E-state index is 12.3. The van der Waals surface area contributed by atoms with Crippen LogP contribution in [-0.2, 0) is 4.79 Å². The molecule has 25 heavy (non-hydrogen) atoms. The van der Waals surface area contributed by atoms with Gasteiger partial charge in [0, 0.05) is 31.4 Å². The summed E-state index contributed by atoms with van der Waals surface area (Å²) in [6, 6.07) is 7.10. The van der Waals surface area contributed by atoms with E-state index in [1.165, 1.54) is 0 Å². The second-order valence-corrected chi connectivity index (χ2v) is 5.82. The van der Waals surface area contributed by atoms with Crippen molar-refractivity contribution in [3.63, 3.8) is 0 Å². The summed E-state index contributed by atoms with van der Waals surface area (Å²) in [5, 5.41) is 14.2. The Bertz CT molecular complexity index is 838. The first-order valence-electron chi connectivity index (χ1n) is 7.92. The van der Waals surface area contributed by atoms with Gasteiger partial charge in [0.15, 0.2) is 12.0 Å². The molecule has 0 aliphatic carbocycles. The van der Waals surface area contributed by atoms with Crippen molar-refractivity contribution in [2.75, 3.05) is 25.5 Å². The molecule has 0 radical (unpaired) electrons. The van der Waals surface area contributed by atoms with Gasteiger partial charge in [0.2, 0.25) is 5.91 Å². The van der Waals surface area contributed by atoms with Gasteiger partial charge in [-0.15, -0.1) is 0 Å². The molecule has 1 aromatic heterocycles. The first kappa shape index (κ1) is 16.5. The molecular formula is C17H18N6O2. The zero-order valence-corrected chi connectivity index (χ0v) is 13.8. The summed E-state index contributed by atoms with van der Waals surface area (Å²) in [5.41, 5.74) is 1.31. The van der Waals surface area contributed by atoms with Gasteiger partial charge in [-0.05, 0) is 24.6 Å². The van der Waals surface area contributed by atoms with Gasteiger partial charge >= 0.3 is 0 Å². The van der Waals surface area contributed by atoms with E-state index in [4.69, 9.17) is 5.26 Å². The van der Waals surface area contributed by atoms with Crippen LogP contribution in [0.1, 0.15) is 16.8 Å². The molecule has 2 heterocycles. The number of amides is 2. The molecule has 1 unspecified atom stereocenters. The third kappa shape index (κ3) is 3.61. The van der Waals surface area contributed by atoms with Crippen molar-refractivity contribution in [3.8, 4) is 11.9 Å². The van der Waals surface area contributed by atoms with E-state index in [0.717, 1.165) is 5.69 Å². The van der Waals surface area contributed by atoms with Crippen LogP contribution in [0.5, 0.6) is 0 Å². The minimum atomic E-state index is -0.207. The fraction of sp³-hybridized carbons (Fsp3) is 0.294. The summed E-state index contributed by atoms with van der Waals surface area (Å²) in [6.07, 6.45) is 5.99. The van der Waals surface area contributed by atoms with Crippen molar-refractivity contribution in [3.05, 3.63) is 42.4 Å². The summed E-state index contributed by atoms with van der Waals surface area (Å²) >= 11 is 0. The smallest absolute Gasteiger partial charge is 0.251 e. The van der Waals surface area contributed by atoms with Gasteiger partial charge in [-0.2, -0.15) is 5.26 Å². The number of nitrogens with zero attached hydrogens (tertiary/aromatic N) is 4. The number of hydrogen-bond donors (Lipinski definition) is 2. The lowest BCUT2D eigenvalue weighted by molar-refractivity contribution is -0.119. The van der Waals surface area contributed by atoms with Crippen molar-refractivity contribution < 1.29 is 9.59 Å². The number of carbonyl (C=O) groups is 2. The van der Waals surface area contributed by atoms with E-state index in [-0.39, 0.29) is 17.7 Å². The molecule has 1 aliphatic rings. The molecule has 0 saturated carbocycles. The quantitative estimate of drug-likeness (QED) is 0.809. The van der Waals surface area contributed by atoms with Crippen LogP contribution >= 0.6 is 0 Å². The van der Waals surface area contributed by atoms with Crippen molar-refractivity contribution in [2.24, 2.45) is 5.92 Å². The number of carbonyl (C=O) groups excluding carboxylic acids is 2. The molecule has 1 aromatic carbocycles. The zero-order valence-electron chi connectivity index (χ0n) is 13.8. The Labute approximate surface area is 145 Å². The van der Waals surface area contributed by atoms with Crippen LogP contribution in [0.4, 0.5) is 5.82 Å². The molecule has 2 aromatic rings. The summed E-state index contributed by atoms with van der Waals surface area (Å²) in [4.78, 5) is 29.7. The lowest BCUT2D eigenvalue weighted by Gasteiger charge is -2.09. The third-order valence-electron chi connectivity index (χ3n) is 4.17. The van der Waals surface area contributed by atoms with E-state index >= 15 is 0 Å². The number of nitrogens with one attached hydrogen (secondary N) is 2. The van der Waals surface area contributed by atoms with Gasteiger partial charge in [0.1, 0.15) is 6.33 Å². The number of likely N-dealkylation sites (tertiary alicyclic amines) is 1. The Hall–Kier alpha value is -3.34. The highest BCUT2D eigenvalue weighted by molar-refractivity contribution is 5.94. The number of nitriles is 1. The molecule has 8 heteroatoms. The number of imidazole rings is 1. The Kier molecular flexibility index (Phi) is 4.66. The minimum Gasteiger partial charge on any atom is -0.355 e. The molecule has 2 N–H and O–H groups in total. The van der Waals surface area contributed by atoms with Crippen LogP contribution in [0.3, 0.4) is 0 Å². The number of anilines is 1. The van der Waals surface area contributed by atoms with E-state index in [2.05, 4.69) is 21.8 Å². The molecule has 1 fully saturated rings. The summed E-state index contributed by atoms with van der Waals surface area (Å²) < 4.78 is 1.73.